The van der Waals surface area contributed by atoms with E-state index in [2.05, 4.69) is 4.98 Å². The second-order valence-corrected chi connectivity index (χ2v) is 3.27. The average molecular weight is 219 g/mol. The molecule has 0 fully saturated rings. The number of benzene rings is 1. The van der Waals surface area contributed by atoms with E-state index in [0.29, 0.717) is 11.3 Å². The van der Waals surface area contributed by atoms with E-state index in [1.54, 1.807) is 18.2 Å². The Morgan fingerprint density at radius 3 is 2.69 bits per heavy atom. The minimum Gasteiger partial charge on any atom is -0.497 e. The van der Waals surface area contributed by atoms with Gasteiger partial charge in [-0.3, -0.25) is 4.79 Å². The molecule has 0 amide bonds. The molecule has 0 atom stereocenters. The van der Waals surface area contributed by atoms with Crippen LogP contribution in [0.3, 0.4) is 0 Å². The molecule has 0 aliphatic rings. The molecular formula is C11H9NO4. The van der Waals surface area contributed by atoms with Crippen LogP contribution in [0.1, 0.15) is 10.5 Å². The maximum Gasteiger partial charge on any atom is 0.378 e. The number of carbonyl (C=O) groups is 2. The molecule has 5 heteroatoms. The number of carbonyl (C=O) groups excluding carboxylic acids is 1. The van der Waals surface area contributed by atoms with Crippen LogP contribution < -0.4 is 4.74 Å². The first-order chi connectivity index (χ1) is 7.61. The van der Waals surface area contributed by atoms with Gasteiger partial charge in [0.15, 0.2) is 0 Å². The molecule has 0 spiro atoms. The fraction of sp³-hybridized carbons (Fsp3) is 0.0909. The number of fused-ring (bicyclic) bond motifs is 1. The summed E-state index contributed by atoms with van der Waals surface area (Å²) in [5, 5.41) is 9.34. The Kier molecular flexibility index (Phi) is 2.36. The largest absolute Gasteiger partial charge is 0.497 e. The zero-order valence-electron chi connectivity index (χ0n) is 8.48. The van der Waals surface area contributed by atoms with Crippen molar-refractivity contribution in [3.63, 3.8) is 0 Å². The van der Waals surface area contributed by atoms with Gasteiger partial charge in [-0.05, 0) is 18.2 Å². The highest BCUT2D eigenvalue weighted by molar-refractivity contribution is 6.39. The Labute approximate surface area is 90.6 Å². The fourth-order valence-corrected chi connectivity index (χ4v) is 1.47. The highest BCUT2D eigenvalue weighted by Crippen LogP contribution is 2.21. The van der Waals surface area contributed by atoms with Crippen molar-refractivity contribution < 1.29 is 19.4 Å². The first-order valence-electron chi connectivity index (χ1n) is 4.56. The number of nitrogens with one attached hydrogen (secondary N) is 1. The summed E-state index contributed by atoms with van der Waals surface area (Å²) in [5.41, 5.74) is 0.736. The standard InChI is InChI=1S/C11H9NO4/c1-16-7-3-2-6-4-9(10(13)11(14)15)12-8(6)5-7/h2-5,12H,1H3,(H,14,15). The van der Waals surface area contributed by atoms with Gasteiger partial charge in [0.25, 0.3) is 5.78 Å². The van der Waals surface area contributed by atoms with Crippen LogP contribution >= 0.6 is 0 Å². The summed E-state index contributed by atoms with van der Waals surface area (Å²) >= 11 is 0. The van der Waals surface area contributed by atoms with E-state index in [9.17, 15) is 9.59 Å². The number of methoxy groups -OCH3 is 1. The van der Waals surface area contributed by atoms with E-state index in [1.165, 1.54) is 13.2 Å². The smallest absolute Gasteiger partial charge is 0.378 e. The van der Waals surface area contributed by atoms with E-state index in [4.69, 9.17) is 9.84 Å². The number of H-pyrrole nitrogens is 1. The lowest BCUT2D eigenvalue weighted by atomic mass is 10.2. The number of hydrogen-bond acceptors (Lipinski definition) is 3. The van der Waals surface area contributed by atoms with E-state index < -0.39 is 11.8 Å². The minimum absolute atomic E-state index is 0.0655. The molecule has 0 aliphatic carbocycles. The third-order valence-corrected chi connectivity index (χ3v) is 2.27. The average Bonchev–Trinajstić information content (AvgIpc) is 2.69. The number of rotatable bonds is 3. The topological polar surface area (TPSA) is 79.4 Å². The van der Waals surface area contributed by atoms with Crippen LogP contribution in [0.2, 0.25) is 0 Å². The lowest BCUT2D eigenvalue weighted by Crippen LogP contribution is -2.12. The van der Waals surface area contributed by atoms with Gasteiger partial charge >= 0.3 is 5.97 Å². The molecule has 16 heavy (non-hydrogen) atoms. The van der Waals surface area contributed by atoms with Crippen LogP contribution in [0.5, 0.6) is 5.75 Å². The number of carboxylic acid groups (broad SMARTS) is 1. The molecule has 0 saturated carbocycles. The monoisotopic (exact) mass is 219 g/mol. The fourth-order valence-electron chi connectivity index (χ4n) is 1.47. The molecular weight excluding hydrogens is 210 g/mol. The molecule has 1 aromatic heterocycles. The molecule has 1 aromatic carbocycles. The summed E-state index contributed by atoms with van der Waals surface area (Å²) in [6.07, 6.45) is 0. The van der Waals surface area contributed by atoms with Gasteiger partial charge < -0.3 is 14.8 Å². The Morgan fingerprint density at radius 1 is 1.31 bits per heavy atom. The normalized spacial score (nSPS) is 10.3. The molecule has 0 aliphatic heterocycles. The lowest BCUT2D eigenvalue weighted by molar-refractivity contribution is -0.131. The summed E-state index contributed by atoms with van der Waals surface area (Å²) in [4.78, 5) is 24.5. The quantitative estimate of drug-likeness (QED) is 0.604. The Balaban J connectivity index is 2.51. The summed E-state index contributed by atoms with van der Waals surface area (Å²) in [6, 6.07) is 6.70. The summed E-state index contributed by atoms with van der Waals surface area (Å²) in [6.45, 7) is 0. The van der Waals surface area contributed by atoms with E-state index >= 15 is 0 Å². The molecule has 0 unspecified atom stereocenters. The van der Waals surface area contributed by atoms with E-state index in [0.717, 1.165) is 5.39 Å². The zero-order valence-corrected chi connectivity index (χ0v) is 8.48. The molecule has 0 radical (unpaired) electrons. The van der Waals surface area contributed by atoms with Crippen molar-refractivity contribution in [2.75, 3.05) is 7.11 Å². The van der Waals surface area contributed by atoms with Gasteiger partial charge in [-0.15, -0.1) is 0 Å². The molecule has 2 aromatic rings. The van der Waals surface area contributed by atoms with Crippen LogP contribution in [-0.2, 0) is 4.79 Å². The van der Waals surface area contributed by atoms with Gasteiger partial charge in [-0.25, -0.2) is 4.79 Å². The highest BCUT2D eigenvalue weighted by atomic mass is 16.5. The molecule has 5 nitrogen and oxygen atoms in total. The van der Waals surface area contributed by atoms with Crippen molar-refractivity contribution in [3.05, 3.63) is 30.0 Å². The van der Waals surface area contributed by atoms with Crippen LogP contribution in [0, 0.1) is 0 Å². The van der Waals surface area contributed by atoms with Gasteiger partial charge in [0.2, 0.25) is 0 Å². The van der Waals surface area contributed by atoms with Gasteiger partial charge in [0.1, 0.15) is 5.75 Å². The SMILES string of the molecule is COc1ccc2cc(C(=O)C(=O)O)[nH]c2c1. The maximum atomic E-state index is 11.2. The van der Waals surface area contributed by atoms with E-state index in [1.807, 2.05) is 0 Å². The van der Waals surface area contributed by atoms with Gasteiger partial charge in [-0.2, -0.15) is 0 Å². The highest BCUT2D eigenvalue weighted by Gasteiger charge is 2.16. The number of carboxylic acids is 1. The summed E-state index contributed by atoms with van der Waals surface area (Å²) < 4.78 is 5.02. The van der Waals surface area contributed by atoms with E-state index in [-0.39, 0.29) is 5.69 Å². The number of Topliss-reactive ketones (excluding diaryl/α,β-unsaturated/α-hetero) is 1. The predicted octanol–water partition coefficient (Wildman–Crippen LogP) is 1.44. The van der Waals surface area contributed by atoms with Crippen LogP contribution in [0.15, 0.2) is 24.3 Å². The van der Waals surface area contributed by atoms with Crippen LogP contribution in [-0.4, -0.2) is 29.0 Å². The first-order valence-corrected chi connectivity index (χ1v) is 4.56. The van der Waals surface area contributed by atoms with Crippen LogP contribution in [0.25, 0.3) is 10.9 Å². The Morgan fingerprint density at radius 2 is 2.06 bits per heavy atom. The van der Waals surface area contributed by atoms with Gasteiger partial charge in [0, 0.05) is 17.0 Å². The van der Waals surface area contributed by atoms with Crippen molar-refractivity contribution in [1.82, 2.24) is 4.98 Å². The number of aliphatic carboxylic acids is 1. The number of aromatic amines is 1. The maximum absolute atomic E-state index is 11.2. The molecule has 1 heterocycles. The third kappa shape index (κ3) is 1.63. The molecule has 0 bridgehead atoms. The summed E-state index contributed by atoms with van der Waals surface area (Å²) in [7, 11) is 1.54. The van der Waals surface area contributed by atoms with Crippen molar-refractivity contribution in [2.24, 2.45) is 0 Å². The Bertz CT molecular complexity index is 570. The molecule has 2 rings (SSSR count). The number of ether oxygens (including phenoxy) is 1. The number of hydrogen-bond donors (Lipinski definition) is 2. The van der Waals surface area contributed by atoms with Crippen molar-refractivity contribution in [1.29, 1.82) is 0 Å². The van der Waals surface area contributed by atoms with Crippen molar-refractivity contribution in [3.8, 4) is 5.75 Å². The minimum atomic E-state index is -1.47. The van der Waals surface area contributed by atoms with Gasteiger partial charge in [-0.1, -0.05) is 0 Å². The predicted molar refractivity (Wildman–Crippen MR) is 56.8 cm³/mol. The number of ketones is 1. The molecule has 2 N–H and O–H groups in total. The second-order valence-electron chi connectivity index (χ2n) is 3.27. The second kappa shape index (κ2) is 3.69. The lowest BCUT2D eigenvalue weighted by Gasteiger charge is -1.97. The van der Waals surface area contributed by atoms with Gasteiger partial charge in [0.05, 0.1) is 12.8 Å². The number of aromatic nitrogens is 1. The zero-order chi connectivity index (χ0) is 11.7. The third-order valence-electron chi connectivity index (χ3n) is 2.27. The molecule has 0 saturated heterocycles. The van der Waals surface area contributed by atoms with Crippen molar-refractivity contribution in [2.45, 2.75) is 0 Å². The van der Waals surface area contributed by atoms with Crippen molar-refractivity contribution >= 4 is 22.7 Å². The van der Waals surface area contributed by atoms with Crippen LogP contribution in [0.4, 0.5) is 0 Å². The summed E-state index contributed by atoms with van der Waals surface area (Å²) in [5.74, 6) is -1.78. The Hall–Kier alpha value is -2.30. The first kappa shape index (κ1) is 10.2. The molecule has 82 valence electrons.